The van der Waals surface area contributed by atoms with E-state index in [0.717, 1.165) is 39.2 Å². The van der Waals surface area contributed by atoms with E-state index in [1.807, 2.05) is 48.9 Å². The number of halogens is 1. The molecule has 32 heavy (non-hydrogen) atoms. The number of para-hydroxylation sites is 1. The van der Waals surface area contributed by atoms with Gasteiger partial charge in [-0.15, -0.1) is 0 Å². The van der Waals surface area contributed by atoms with Crippen molar-refractivity contribution in [1.82, 2.24) is 9.47 Å². The third-order valence-electron chi connectivity index (χ3n) is 4.99. The number of aromatic nitrogens is 1. The van der Waals surface area contributed by atoms with E-state index in [0.29, 0.717) is 10.7 Å². The summed E-state index contributed by atoms with van der Waals surface area (Å²) in [5.41, 5.74) is 4.44. The van der Waals surface area contributed by atoms with Crippen molar-refractivity contribution >= 4 is 52.2 Å². The van der Waals surface area contributed by atoms with E-state index in [4.69, 9.17) is 11.6 Å². The van der Waals surface area contributed by atoms with Gasteiger partial charge in [-0.3, -0.25) is 19.3 Å². The molecule has 0 bridgehead atoms. The summed E-state index contributed by atoms with van der Waals surface area (Å²) < 4.78 is 1.97. The number of hydrogen-bond donors (Lipinski definition) is 1. The van der Waals surface area contributed by atoms with Gasteiger partial charge in [-0.2, -0.15) is 0 Å². The molecule has 0 atom stereocenters. The Labute approximate surface area is 194 Å². The average molecular weight is 466 g/mol. The number of carbonyl (C=O) groups is 3. The highest BCUT2D eigenvalue weighted by molar-refractivity contribution is 8.18. The highest BCUT2D eigenvalue weighted by atomic mass is 35.5. The molecule has 0 unspecified atom stereocenters. The molecule has 6 nitrogen and oxygen atoms in total. The lowest BCUT2D eigenvalue weighted by Crippen LogP contribution is -2.36. The molecular weight excluding hydrogens is 446 g/mol. The molecule has 4 rings (SSSR count). The topological polar surface area (TPSA) is 71.4 Å². The lowest BCUT2D eigenvalue weighted by atomic mass is 10.1. The maximum atomic E-state index is 12.9. The average Bonchev–Trinajstić information content (AvgIpc) is 3.30. The maximum absolute atomic E-state index is 12.9. The highest BCUT2D eigenvalue weighted by Gasteiger charge is 2.36. The van der Waals surface area contributed by atoms with Crippen molar-refractivity contribution in [2.75, 3.05) is 11.9 Å². The third kappa shape index (κ3) is 4.49. The zero-order valence-corrected chi connectivity index (χ0v) is 19.0. The Morgan fingerprint density at radius 3 is 2.62 bits per heavy atom. The Bertz CT molecular complexity index is 1260. The van der Waals surface area contributed by atoms with Gasteiger partial charge < -0.3 is 9.88 Å². The predicted octanol–water partition coefficient (Wildman–Crippen LogP) is 5.42. The number of thioether (sulfide) groups is 1. The number of nitrogens with one attached hydrogen (secondary N) is 1. The van der Waals surface area contributed by atoms with Crippen molar-refractivity contribution in [3.63, 3.8) is 0 Å². The smallest absolute Gasteiger partial charge is 0.294 e. The molecule has 0 saturated carbocycles. The first-order valence-corrected chi connectivity index (χ1v) is 11.1. The summed E-state index contributed by atoms with van der Waals surface area (Å²) in [5.74, 6) is -0.997. The molecule has 162 valence electrons. The van der Waals surface area contributed by atoms with Gasteiger partial charge in [0.05, 0.1) is 15.6 Å². The van der Waals surface area contributed by atoms with Crippen LogP contribution in [0.2, 0.25) is 5.02 Å². The number of hydrogen-bond acceptors (Lipinski definition) is 4. The number of carbonyl (C=O) groups excluding carboxylic acids is 3. The molecule has 1 aliphatic rings. The van der Waals surface area contributed by atoms with Crippen LogP contribution in [0.4, 0.5) is 10.5 Å². The van der Waals surface area contributed by atoms with Crippen molar-refractivity contribution < 1.29 is 14.4 Å². The second-order valence-corrected chi connectivity index (χ2v) is 8.79. The summed E-state index contributed by atoms with van der Waals surface area (Å²) in [6.07, 6.45) is 3.58. The number of nitrogens with zero attached hydrogens (tertiary/aromatic N) is 2. The van der Waals surface area contributed by atoms with Crippen LogP contribution in [0.15, 0.2) is 65.7 Å². The molecule has 1 aliphatic heterocycles. The van der Waals surface area contributed by atoms with Gasteiger partial charge in [0.15, 0.2) is 0 Å². The number of benzene rings is 2. The SMILES string of the molecule is Cc1ccc(-n2cccc2/C=C2/SC(=O)N(CC(=O)Nc3ccccc3Cl)C2=O)c(C)c1. The first-order valence-electron chi connectivity index (χ1n) is 9.88. The van der Waals surface area contributed by atoms with Gasteiger partial charge in [0.1, 0.15) is 6.54 Å². The van der Waals surface area contributed by atoms with Crippen LogP contribution in [0.3, 0.4) is 0 Å². The molecule has 1 saturated heterocycles. The van der Waals surface area contributed by atoms with Crippen molar-refractivity contribution in [1.29, 1.82) is 0 Å². The lowest BCUT2D eigenvalue weighted by molar-refractivity contribution is -0.127. The van der Waals surface area contributed by atoms with Crippen LogP contribution in [0.5, 0.6) is 0 Å². The third-order valence-corrected chi connectivity index (χ3v) is 6.23. The minimum atomic E-state index is -0.500. The van der Waals surface area contributed by atoms with Crippen LogP contribution in [-0.2, 0) is 9.59 Å². The van der Waals surface area contributed by atoms with E-state index in [2.05, 4.69) is 11.4 Å². The summed E-state index contributed by atoms with van der Waals surface area (Å²) in [5, 5.41) is 2.52. The lowest BCUT2D eigenvalue weighted by Gasteiger charge is -2.13. The Morgan fingerprint density at radius 2 is 1.88 bits per heavy atom. The molecule has 0 radical (unpaired) electrons. The molecule has 8 heteroatoms. The summed E-state index contributed by atoms with van der Waals surface area (Å²) in [6, 6.07) is 16.7. The van der Waals surface area contributed by atoms with Crippen LogP contribution in [0.25, 0.3) is 11.8 Å². The van der Waals surface area contributed by atoms with E-state index < -0.39 is 17.1 Å². The monoisotopic (exact) mass is 465 g/mol. The highest BCUT2D eigenvalue weighted by Crippen LogP contribution is 2.33. The molecule has 3 amide bonds. The summed E-state index contributed by atoms with van der Waals surface area (Å²) in [6.45, 7) is 3.67. The summed E-state index contributed by atoms with van der Waals surface area (Å²) in [4.78, 5) is 38.9. The van der Waals surface area contributed by atoms with Gasteiger partial charge in [0, 0.05) is 17.6 Å². The maximum Gasteiger partial charge on any atom is 0.294 e. The summed E-state index contributed by atoms with van der Waals surface area (Å²) >= 11 is 6.87. The quantitative estimate of drug-likeness (QED) is 0.510. The molecule has 1 aromatic heterocycles. The van der Waals surface area contributed by atoms with Crippen molar-refractivity contribution in [3.05, 3.63) is 87.5 Å². The fourth-order valence-corrected chi connectivity index (χ4v) is 4.48. The number of imide groups is 1. The van der Waals surface area contributed by atoms with Crippen molar-refractivity contribution in [3.8, 4) is 5.69 Å². The fraction of sp³-hybridized carbons (Fsp3) is 0.125. The molecule has 2 heterocycles. The molecular formula is C24H20ClN3O3S. The van der Waals surface area contributed by atoms with Gasteiger partial charge in [-0.1, -0.05) is 41.4 Å². The molecule has 1 fully saturated rings. The van der Waals surface area contributed by atoms with Crippen LogP contribution >= 0.6 is 23.4 Å². The van der Waals surface area contributed by atoms with Crippen LogP contribution in [0.1, 0.15) is 16.8 Å². The van der Waals surface area contributed by atoms with Gasteiger partial charge in [-0.25, -0.2) is 0 Å². The predicted molar refractivity (Wildman–Crippen MR) is 128 cm³/mol. The Kier molecular flexibility index (Phi) is 6.21. The van der Waals surface area contributed by atoms with E-state index in [9.17, 15) is 14.4 Å². The molecule has 2 aromatic carbocycles. The first kappa shape index (κ1) is 21.9. The largest absolute Gasteiger partial charge is 0.323 e. The number of rotatable bonds is 5. The van der Waals surface area contributed by atoms with Crippen LogP contribution in [0, 0.1) is 13.8 Å². The number of amides is 3. The zero-order valence-electron chi connectivity index (χ0n) is 17.5. The standard InChI is InChI=1S/C24H20ClN3O3S/c1-15-9-10-20(16(2)12-15)27-11-5-6-17(27)13-21-23(30)28(24(31)32-21)14-22(29)26-19-8-4-3-7-18(19)25/h3-13H,14H2,1-2H3,(H,26,29)/b21-13+. The number of anilines is 1. The van der Waals surface area contributed by atoms with Crippen molar-refractivity contribution in [2.24, 2.45) is 0 Å². The fourth-order valence-electron chi connectivity index (χ4n) is 3.47. The summed E-state index contributed by atoms with van der Waals surface area (Å²) in [7, 11) is 0. The minimum absolute atomic E-state index is 0.269. The van der Waals surface area contributed by atoms with Crippen LogP contribution < -0.4 is 5.32 Å². The first-order chi connectivity index (χ1) is 15.3. The molecule has 3 aromatic rings. The second-order valence-electron chi connectivity index (χ2n) is 7.39. The van der Waals surface area contributed by atoms with E-state index >= 15 is 0 Å². The Balaban J connectivity index is 1.53. The zero-order chi connectivity index (χ0) is 22.8. The van der Waals surface area contributed by atoms with E-state index in [-0.39, 0.29) is 11.4 Å². The molecule has 1 N–H and O–H groups in total. The van der Waals surface area contributed by atoms with Gasteiger partial charge in [0.25, 0.3) is 11.1 Å². The second kappa shape index (κ2) is 9.06. The van der Waals surface area contributed by atoms with Crippen LogP contribution in [-0.4, -0.2) is 33.1 Å². The van der Waals surface area contributed by atoms with E-state index in [1.165, 1.54) is 0 Å². The molecule has 0 aliphatic carbocycles. The normalized spacial score (nSPS) is 15.0. The van der Waals surface area contributed by atoms with Gasteiger partial charge in [-0.05, 0) is 67.6 Å². The van der Waals surface area contributed by atoms with Gasteiger partial charge in [0.2, 0.25) is 5.91 Å². The minimum Gasteiger partial charge on any atom is -0.323 e. The molecule has 0 spiro atoms. The Hall–Kier alpha value is -3.29. The Morgan fingerprint density at radius 1 is 1.09 bits per heavy atom. The number of aryl methyl sites for hydroxylation is 2. The van der Waals surface area contributed by atoms with Crippen molar-refractivity contribution in [2.45, 2.75) is 13.8 Å². The van der Waals surface area contributed by atoms with Gasteiger partial charge >= 0.3 is 0 Å². The van der Waals surface area contributed by atoms with E-state index in [1.54, 1.807) is 30.3 Å².